The number of rotatable bonds is 2. The summed E-state index contributed by atoms with van der Waals surface area (Å²) in [6, 6.07) is 11.1. The first kappa shape index (κ1) is 15.1. The van der Waals surface area contributed by atoms with Gasteiger partial charge in [-0.15, -0.1) is 0 Å². The Balaban J connectivity index is 1.70. The van der Waals surface area contributed by atoms with Gasteiger partial charge >= 0.3 is 0 Å². The number of aromatic nitrogens is 1. The molecule has 1 fully saturated rings. The molecule has 6 heteroatoms. The number of amides is 1. The first-order valence-electron chi connectivity index (χ1n) is 7.12. The lowest BCUT2D eigenvalue weighted by Crippen LogP contribution is -2.50. The average Bonchev–Trinajstić information content (AvgIpc) is 2.55. The van der Waals surface area contributed by atoms with Gasteiger partial charge in [-0.1, -0.05) is 35.3 Å². The summed E-state index contributed by atoms with van der Waals surface area (Å²) in [7, 11) is 0. The van der Waals surface area contributed by atoms with Crippen LogP contribution in [0.5, 0.6) is 0 Å². The monoisotopic (exact) mass is 336 g/mol. The molecule has 2 aromatic rings. The first-order chi connectivity index (χ1) is 10.7. The van der Waals surface area contributed by atoms with Gasteiger partial charge < -0.3 is 4.90 Å². The molecule has 1 aliphatic rings. The standard InChI is InChI=1S/C16H15Cl2N3O/c17-12-4-3-5-13(18)15(12)16(22)21-10-8-20(9-11-21)14-6-1-2-7-19-14/h1-7H,8-11H2/p+1. The number of hydrogen-bond donors (Lipinski definition) is 0. The highest BCUT2D eigenvalue weighted by Gasteiger charge is 2.28. The Morgan fingerprint density at radius 2 is 1.64 bits per heavy atom. The van der Waals surface area contributed by atoms with E-state index in [4.69, 9.17) is 23.2 Å². The minimum Gasteiger partial charge on any atom is -0.331 e. The fourth-order valence-corrected chi connectivity index (χ4v) is 3.15. The lowest BCUT2D eigenvalue weighted by atomic mass is 10.1. The number of benzene rings is 1. The number of nitrogens with one attached hydrogen (secondary N) is 1. The van der Waals surface area contributed by atoms with E-state index in [0.29, 0.717) is 28.7 Å². The van der Waals surface area contributed by atoms with Crippen molar-refractivity contribution < 1.29 is 9.78 Å². The SMILES string of the molecule is O=C(c1c(Cl)cccc1Cl)N1CCN(c2cccc[nH+]2)CC1. The van der Waals surface area contributed by atoms with Gasteiger partial charge in [0, 0.05) is 6.07 Å². The van der Waals surface area contributed by atoms with Crippen LogP contribution >= 0.6 is 23.2 Å². The zero-order valence-electron chi connectivity index (χ0n) is 11.9. The maximum atomic E-state index is 12.6. The van der Waals surface area contributed by atoms with Crippen LogP contribution in [0.2, 0.25) is 10.0 Å². The second-order valence-electron chi connectivity index (χ2n) is 5.12. The fourth-order valence-electron chi connectivity index (χ4n) is 2.59. The molecule has 0 saturated carbocycles. The van der Waals surface area contributed by atoms with Crippen LogP contribution in [0.3, 0.4) is 0 Å². The van der Waals surface area contributed by atoms with Crippen molar-refractivity contribution in [3.8, 4) is 0 Å². The van der Waals surface area contributed by atoms with Gasteiger partial charge in [0.2, 0.25) is 0 Å². The second-order valence-corrected chi connectivity index (χ2v) is 5.94. The highest BCUT2D eigenvalue weighted by atomic mass is 35.5. The molecule has 1 N–H and O–H groups in total. The van der Waals surface area contributed by atoms with E-state index in [-0.39, 0.29) is 5.91 Å². The Labute approximate surface area is 139 Å². The number of piperazine rings is 1. The van der Waals surface area contributed by atoms with Crippen molar-refractivity contribution in [3.05, 3.63) is 58.2 Å². The third kappa shape index (κ3) is 3.03. The number of halogens is 2. The molecular formula is C16H16Cl2N3O+. The summed E-state index contributed by atoms with van der Waals surface area (Å²) >= 11 is 12.2. The van der Waals surface area contributed by atoms with Crippen molar-refractivity contribution in [1.82, 2.24) is 4.90 Å². The Morgan fingerprint density at radius 1 is 0.955 bits per heavy atom. The predicted octanol–water partition coefficient (Wildman–Crippen LogP) is 2.77. The Morgan fingerprint density at radius 3 is 2.23 bits per heavy atom. The molecule has 4 nitrogen and oxygen atoms in total. The molecular weight excluding hydrogens is 321 g/mol. The van der Waals surface area contributed by atoms with Gasteiger partial charge in [0.05, 0.1) is 34.9 Å². The van der Waals surface area contributed by atoms with Crippen molar-refractivity contribution in [2.75, 3.05) is 31.1 Å². The molecule has 114 valence electrons. The quantitative estimate of drug-likeness (QED) is 0.845. The molecule has 0 atom stereocenters. The van der Waals surface area contributed by atoms with Gasteiger partial charge in [-0.3, -0.25) is 9.69 Å². The molecule has 1 aromatic carbocycles. The molecule has 0 bridgehead atoms. The van der Waals surface area contributed by atoms with Crippen LogP contribution in [0.4, 0.5) is 5.82 Å². The number of nitrogens with zero attached hydrogens (tertiary/aromatic N) is 2. The van der Waals surface area contributed by atoms with Gasteiger partial charge in [0.1, 0.15) is 13.1 Å². The van der Waals surface area contributed by atoms with Gasteiger partial charge in [-0.05, 0) is 18.2 Å². The molecule has 0 spiro atoms. The Hall–Kier alpha value is -1.78. The lowest BCUT2D eigenvalue weighted by molar-refractivity contribution is -0.364. The zero-order chi connectivity index (χ0) is 15.5. The van der Waals surface area contributed by atoms with Crippen LogP contribution in [-0.4, -0.2) is 37.0 Å². The maximum Gasteiger partial charge on any atom is 0.274 e. The molecule has 3 rings (SSSR count). The van der Waals surface area contributed by atoms with E-state index in [2.05, 4.69) is 9.88 Å². The second kappa shape index (κ2) is 6.55. The third-order valence-electron chi connectivity index (χ3n) is 3.78. The van der Waals surface area contributed by atoms with E-state index in [9.17, 15) is 4.79 Å². The van der Waals surface area contributed by atoms with E-state index in [1.54, 1.807) is 23.1 Å². The summed E-state index contributed by atoms with van der Waals surface area (Å²) in [5.74, 6) is 0.956. The molecule has 0 unspecified atom stereocenters. The summed E-state index contributed by atoms with van der Waals surface area (Å²) in [6.07, 6.45) is 1.90. The Bertz CT molecular complexity index is 650. The summed E-state index contributed by atoms with van der Waals surface area (Å²) in [4.78, 5) is 19.8. The van der Waals surface area contributed by atoms with Crippen LogP contribution in [-0.2, 0) is 0 Å². The number of hydrogen-bond acceptors (Lipinski definition) is 2. The summed E-state index contributed by atoms with van der Waals surface area (Å²) < 4.78 is 0. The minimum atomic E-state index is -0.104. The highest BCUT2D eigenvalue weighted by molar-refractivity contribution is 6.39. The molecule has 1 amide bonds. The number of anilines is 1. The number of carbonyl (C=O) groups excluding carboxylic acids is 1. The van der Waals surface area contributed by atoms with E-state index in [1.807, 2.05) is 24.4 Å². The zero-order valence-corrected chi connectivity index (χ0v) is 13.4. The van der Waals surface area contributed by atoms with Crippen LogP contribution < -0.4 is 9.88 Å². The number of carbonyl (C=O) groups is 1. The van der Waals surface area contributed by atoms with Crippen LogP contribution in [0.25, 0.3) is 0 Å². The molecule has 22 heavy (non-hydrogen) atoms. The Kier molecular flexibility index (Phi) is 4.50. The molecule has 0 aliphatic carbocycles. The van der Waals surface area contributed by atoms with Crippen molar-refractivity contribution in [2.24, 2.45) is 0 Å². The summed E-state index contributed by atoms with van der Waals surface area (Å²) in [5.41, 5.74) is 0.394. The van der Waals surface area contributed by atoms with Gasteiger partial charge in [0.15, 0.2) is 0 Å². The normalized spacial score (nSPS) is 15.0. The van der Waals surface area contributed by atoms with Crippen LogP contribution in [0.15, 0.2) is 42.6 Å². The van der Waals surface area contributed by atoms with Gasteiger partial charge in [-0.25, -0.2) is 4.98 Å². The van der Waals surface area contributed by atoms with E-state index in [1.165, 1.54) is 0 Å². The topological polar surface area (TPSA) is 37.7 Å². The van der Waals surface area contributed by atoms with Gasteiger partial charge in [0.25, 0.3) is 11.7 Å². The molecule has 1 aliphatic heterocycles. The first-order valence-corrected chi connectivity index (χ1v) is 7.87. The van der Waals surface area contributed by atoms with E-state index in [0.717, 1.165) is 18.9 Å². The van der Waals surface area contributed by atoms with Crippen LogP contribution in [0, 0.1) is 0 Å². The van der Waals surface area contributed by atoms with Gasteiger partial charge in [-0.2, -0.15) is 0 Å². The van der Waals surface area contributed by atoms with Crippen molar-refractivity contribution in [2.45, 2.75) is 0 Å². The van der Waals surface area contributed by atoms with E-state index < -0.39 is 0 Å². The number of aromatic amines is 1. The lowest BCUT2D eigenvalue weighted by Gasteiger charge is -2.31. The third-order valence-corrected chi connectivity index (χ3v) is 4.41. The van der Waals surface area contributed by atoms with E-state index >= 15 is 0 Å². The van der Waals surface area contributed by atoms with Crippen molar-refractivity contribution in [1.29, 1.82) is 0 Å². The molecule has 2 heterocycles. The largest absolute Gasteiger partial charge is 0.331 e. The molecule has 1 saturated heterocycles. The summed E-state index contributed by atoms with van der Waals surface area (Å²) in [5, 5.41) is 0.799. The van der Waals surface area contributed by atoms with Crippen molar-refractivity contribution in [3.63, 3.8) is 0 Å². The smallest absolute Gasteiger partial charge is 0.274 e. The van der Waals surface area contributed by atoms with Crippen molar-refractivity contribution >= 4 is 34.9 Å². The molecule has 1 aromatic heterocycles. The minimum absolute atomic E-state index is 0.104. The number of H-pyrrole nitrogens is 1. The highest BCUT2D eigenvalue weighted by Crippen LogP contribution is 2.26. The summed E-state index contributed by atoms with van der Waals surface area (Å²) in [6.45, 7) is 2.83. The number of pyridine rings is 1. The predicted molar refractivity (Wildman–Crippen MR) is 87.6 cm³/mol. The fraction of sp³-hybridized carbons (Fsp3) is 0.250. The van der Waals surface area contributed by atoms with Crippen LogP contribution in [0.1, 0.15) is 10.4 Å². The molecule has 0 radical (unpaired) electrons. The average molecular weight is 337 g/mol. The maximum absolute atomic E-state index is 12.6.